The molecule has 2 aromatic rings. The Morgan fingerprint density at radius 1 is 1.17 bits per heavy atom. The molecule has 0 aliphatic heterocycles. The SMILES string of the molecule is Cc1nc(N(C)c2cc(F)ccc2F)ccc1Br. The van der Waals surface area contributed by atoms with Crippen LogP contribution in [0.1, 0.15) is 5.69 Å². The molecule has 0 fully saturated rings. The van der Waals surface area contributed by atoms with E-state index in [1.807, 2.05) is 13.0 Å². The highest BCUT2D eigenvalue weighted by atomic mass is 79.9. The topological polar surface area (TPSA) is 16.1 Å². The molecule has 2 nitrogen and oxygen atoms in total. The van der Waals surface area contributed by atoms with Crippen LogP contribution in [0.3, 0.4) is 0 Å². The monoisotopic (exact) mass is 312 g/mol. The van der Waals surface area contributed by atoms with Crippen molar-refractivity contribution in [2.45, 2.75) is 6.92 Å². The van der Waals surface area contributed by atoms with Gasteiger partial charge in [-0.2, -0.15) is 0 Å². The Balaban J connectivity index is 2.44. The first-order valence-corrected chi connectivity index (χ1v) is 6.10. The molecular formula is C13H11BrF2N2. The minimum absolute atomic E-state index is 0.157. The van der Waals surface area contributed by atoms with Gasteiger partial charge < -0.3 is 4.90 Å². The normalized spacial score (nSPS) is 10.5. The molecule has 0 bridgehead atoms. The first-order valence-electron chi connectivity index (χ1n) is 5.31. The molecule has 0 amide bonds. The number of pyridine rings is 1. The van der Waals surface area contributed by atoms with Gasteiger partial charge in [0.25, 0.3) is 0 Å². The summed E-state index contributed by atoms with van der Waals surface area (Å²) in [5, 5.41) is 0. The van der Waals surface area contributed by atoms with Gasteiger partial charge in [0.15, 0.2) is 0 Å². The smallest absolute Gasteiger partial charge is 0.147 e. The van der Waals surface area contributed by atoms with Crippen molar-refractivity contribution in [2.75, 3.05) is 11.9 Å². The molecular weight excluding hydrogens is 302 g/mol. The minimum atomic E-state index is -0.485. The average Bonchev–Trinajstić information content (AvgIpc) is 2.35. The van der Waals surface area contributed by atoms with Crippen LogP contribution in [0, 0.1) is 18.6 Å². The molecule has 0 atom stereocenters. The van der Waals surface area contributed by atoms with E-state index in [2.05, 4.69) is 20.9 Å². The third-order valence-electron chi connectivity index (χ3n) is 2.62. The van der Waals surface area contributed by atoms with E-state index in [0.717, 1.165) is 28.4 Å². The molecule has 0 radical (unpaired) electrons. The highest BCUT2D eigenvalue weighted by Crippen LogP contribution is 2.27. The van der Waals surface area contributed by atoms with E-state index in [0.29, 0.717) is 5.82 Å². The third-order valence-corrected chi connectivity index (χ3v) is 3.46. The molecule has 18 heavy (non-hydrogen) atoms. The second-order valence-corrected chi connectivity index (χ2v) is 4.75. The third kappa shape index (κ3) is 2.51. The summed E-state index contributed by atoms with van der Waals surface area (Å²) in [4.78, 5) is 5.82. The molecule has 0 aliphatic rings. The zero-order valence-electron chi connectivity index (χ0n) is 9.92. The van der Waals surface area contributed by atoms with Crippen molar-refractivity contribution in [2.24, 2.45) is 0 Å². The van der Waals surface area contributed by atoms with Gasteiger partial charge in [0.05, 0.1) is 11.4 Å². The van der Waals surface area contributed by atoms with Crippen LogP contribution < -0.4 is 4.90 Å². The Bertz CT molecular complexity index is 587. The zero-order chi connectivity index (χ0) is 13.3. The standard InChI is InChI=1S/C13H11BrF2N2/c1-8-10(14)4-6-13(17-8)18(2)12-7-9(15)3-5-11(12)16/h3-7H,1-2H3. The lowest BCUT2D eigenvalue weighted by Gasteiger charge is -2.19. The number of aromatic nitrogens is 1. The number of hydrogen-bond acceptors (Lipinski definition) is 2. The van der Waals surface area contributed by atoms with Gasteiger partial charge in [-0.3, -0.25) is 0 Å². The Morgan fingerprint density at radius 2 is 1.89 bits per heavy atom. The van der Waals surface area contributed by atoms with E-state index in [-0.39, 0.29) is 5.69 Å². The molecule has 2 rings (SSSR count). The summed E-state index contributed by atoms with van der Waals surface area (Å²) in [7, 11) is 1.65. The molecule has 0 N–H and O–H groups in total. The van der Waals surface area contributed by atoms with Crippen LogP contribution >= 0.6 is 15.9 Å². The van der Waals surface area contributed by atoms with E-state index in [1.165, 1.54) is 4.90 Å². The molecule has 0 aliphatic carbocycles. The van der Waals surface area contributed by atoms with Crippen LogP contribution in [0.2, 0.25) is 0 Å². The van der Waals surface area contributed by atoms with Gasteiger partial charge in [-0.05, 0) is 47.1 Å². The molecule has 1 aromatic carbocycles. The number of benzene rings is 1. The van der Waals surface area contributed by atoms with Crippen molar-refractivity contribution in [3.8, 4) is 0 Å². The Morgan fingerprint density at radius 3 is 2.56 bits per heavy atom. The van der Waals surface area contributed by atoms with Crippen molar-refractivity contribution in [1.82, 2.24) is 4.98 Å². The van der Waals surface area contributed by atoms with Gasteiger partial charge >= 0.3 is 0 Å². The van der Waals surface area contributed by atoms with Gasteiger partial charge in [0, 0.05) is 17.6 Å². The molecule has 94 valence electrons. The highest BCUT2D eigenvalue weighted by molar-refractivity contribution is 9.10. The predicted molar refractivity (Wildman–Crippen MR) is 71.1 cm³/mol. The largest absolute Gasteiger partial charge is 0.327 e. The first-order chi connectivity index (χ1) is 8.49. The van der Waals surface area contributed by atoms with Gasteiger partial charge in [0.1, 0.15) is 17.5 Å². The fourth-order valence-electron chi connectivity index (χ4n) is 1.58. The van der Waals surface area contributed by atoms with Crippen LogP contribution in [0.25, 0.3) is 0 Å². The molecule has 1 heterocycles. The van der Waals surface area contributed by atoms with E-state index in [9.17, 15) is 8.78 Å². The lowest BCUT2D eigenvalue weighted by Crippen LogP contribution is -2.13. The second kappa shape index (κ2) is 5.02. The fourth-order valence-corrected chi connectivity index (χ4v) is 1.80. The van der Waals surface area contributed by atoms with E-state index in [1.54, 1.807) is 13.1 Å². The quantitative estimate of drug-likeness (QED) is 0.826. The maximum absolute atomic E-state index is 13.6. The summed E-state index contributed by atoms with van der Waals surface area (Å²) in [6, 6.07) is 6.90. The van der Waals surface area contributed by atoms with E-state index >= 15 is 0 Å². The highest BCUT2D eigenvalue weighted by Gasteiger charge is 2.12. The first kappa shape index (κ1) is 13.0. The van der Waals surface area contributed by atoms with Crippen molar-refractivity contribution in [3.63, 3.8) is 0 Å². The molecule has 0 saturated carbocycles. The van der Waals surface area contributed by atoms with E-state index < -0.39 is 11.6 Å². The minimum Gasteiger partial charge on any atom is -0.327 e. The lowest BCUT2D eigenvalue weighted by atomic mass is 10.2. The number of hydrogen-bond donors (Lipinski definition) is 0. The second-order valence-electron chi connectivity index (χ2n) is 3.89. The van der Waals surface area contributed by atoms with Crippen molar-refractivity contribution in [3.05, 3.63) is 52.1 Å². The summed E-state index contributed by atoms with van der Waals surface area (Å²) in [5.74, 6) is -0.409. The van der Waals surface area contributed by atoms with Crippen LogP contribution in [0.4, 0.5) is 20.3 Å². The Labute approximate surface area is 112 Å². The van der Waals surface area contributed by atoms with Gasteiger partial charge in [-0.1, -0.05) is 0 Å². The summed E-state index contributed by atoms with van der Waals surface area (Å²) >= 11 is 3.35. The Hall–Kier alpha value is -1.49. The summed E-state index contributed by atoms with van der Waals surface area (Å²) in [6.07, 6.45) is 0. The number of anilines is 2. The fraction of sp³-hybridized carbons (Fsp3) is 0.154. The molecule has 0 unspecified atom stereocenters. The lowest BCUT2D eigenvalue weighted by molar-refractivity contribution is 0.600. The molecule has 0 spiro atoms. The number of nitrogens with zero attached hydrogens (tertiary/aromatic N) is 2. The van der Waals surface area contributed by atoms with Crippen molar-refractivity contribution < 1.29 is 8.78 Å². The number of rotatable bonds is 2. The maximum atomic E-state index is 13.6. The number of halogens is 3. The van der Waals surface area contributed by atoms with Crippen LogP contribution in [-0.2, 0) is 0 Å². The van der Waals surface area contributed by atoms with Gasteiger partial charge in [0.2, 0.25) is 0 Å². The average molecular weight is 313 g/mol. The van der Waals surface area contributed by atoms with Crippen LogP contribution in [0.5, 0.6) is 0 Å². The van der Waals surface area contributed by atoms with Gasteiger partial charge in [-0.25, -0.2) is 13.8 Å². The predicted octanol–water partition coefficient (Wildman–Crippen LogP) is 4.20. The summed E-state index contributed by atoms with van der Waals surface area (Å²) in [5.41, 5.74) is 0.945. The van der Waals surface area contributed by atoms with Crippen molar-refractivity contribution >= 4 is 27.4 Å². The van der Waals surface area contributed by atoms with Crippen LogP contribution in [0.15, 0.2) is 34.8 Å². The molecule has 5 heteroatoms. The summed E-state index contributed by atoms with van der Waals surface area (Å²) < 4.78 is 27.7. The Kier molecular flexibility index (Phi) is 3.61. The number of aryl methyl sites for hydroxylation is 1. The molecule has 1 aromatic heterocycles. The maximum Gasteiger partial charge on any atom is 0.147 e. The molecule has 0 saturated heterocycles. The zero-order valence-corrected chi connectivity index (χ0v) is 11.5. The van der Waals surface area contributed by atoms with Gasteiger partial charge in [-0.15, -0.1) is 0 Å². The van der Waals surface area contributed by atoms with Crippen LogP contribution in [-0.4, -0.2) is 12.0 Å². The summed E-state index contributed by atoms with van der Waals surface area (Å²) in [6.45, 7) is 1.84. The van der Waals surface area contributed by atoms with E-state index in [4.69, 9.17) is 0 Å². The van der Waals surface area contributed by atoms with Crippen molar-refractivity contribution in [1.29, 1.82) is 0 Å².